The minimum atomic E-state index is 0.297. The fourth-order valence-corrected chi connectivity index (χ4v) is 2.38. The highest BCUT2D eigenvalue weighted by Crippen LogP contribution is 2.32. The average molecular weight is 397 g/mol. The molecule has 18 heavy (non-hydrogen) atoms. The summed E-state index contributed by atoms with van der Waals surface area (Å²) < 4.78 is 6.91. The number of aldehydes is 1. The van der Waals surface area contributed by atoms with Crippen LogP contribution in [-0.4, -0.2) is 30.5 Å². The predicted octanol–water partition coefficient (Wildman–Crippen LogP) is 4.28. The zero-order valence-corrected chi connectivity index (χ0v) is 14.6. The van der Waals surface area contributed by atoms with E-state index in [2.05, 4.69) is 31.9 Å². The number of halogens is 2. The van der Waals surface area contributed by atoms with Gasteiger partial charge in [0.05, 0.1) is 10.0 Å². The smallest absolute Gasteiger partial charge is 0.264 e. The minimum Gasteiger partial charge on any atom is -0.430 e. The van der Waals surface area contributed by atoms with Crippen LogP contribution in [0.25, 0.3) is 0 Å². The molecule has 6 heteroatoms. The molecule has 1 aromatic rings. The van der Waals surface area contributed by atoms with E-state index in [0.29, 0.717) is 21.0 Å². The van der Waals surface area contributed by atoms with Crippen LogP contribution >= 0.6 is 44.1 Å². The van der Waals surface area contributed by atoms with Crippen LogP contribution in [0.5, 0.6) is 5.75 Å². The highest BCUT2D eigenvalue weighted by atomic mass is 79.9. The van der Waals surface area contributed by atoms with Gasteiger partial charge in [-0.3, -0.25) is 4.79 Å². The molecule has 1 rings (SSSR count). The number of carbonyl (C=O) groups excluding carboxylic acids is 1. The zero-order chi connectivity index (χ0) is 14.3. The van der Waals surface area contributed by atoms with Crippen molar-refractivity contribution in [2.75, 3.05) is 14.1 Å². The van der Waals surface area contributed by atoms with Gasteiger partial charge in [-0.25, -0.2) is 0 Å². The summed E-state index contributed by atoms with van der Waals surface area (Å²) in [5.41, 5.74) is 0.436. The highest BCUT2D eigenvalue weighted by Gasteiger charge is 2.12. The summed E-state index contributed by atoms with van der Waals surface area (Å²) in [7, 11) is 3.55. The topological polar surface area (TPSA) is 29.5 Å². The normalized spacial score (nSPS) is 9.00. The maximum absolute atomic E-state index is 10.9. The second kappa shape index (κ2) is 8.61. The van der Waals surface area contributed by atoms with Crippen LogP contribution < -0.4 is 4.74 Å². The second-order valence-corrected chi connectivity index (χ2v) is 5.31. The van der Waals surface area contributed by atoms with Crippen LogP contribution in [0.3, 0.4) is 0 Å². The van der Waals surface area contributed by atoms with Gasteiger partial charge in [0.1, 0.15) is 0 Å². The molecule has 0 bridgehead atoms. The van der Waals surface area contributed by atoms with Crippen LogP contribution in [0, 0.1) is 0 Å². The Balaban J connectivity index is 0.00000137. The molecule has 0 radical (unpaired) electrons. The third kappa shape index (κ3) is 5.04. The number of rotatable bonds is 2. The van der Waals surface area contributed by atoms with Crippen LogP contribution in [-0.2, 0) is 0 Å². The van der Waals surface area contributed by atoms with Gasteiger partial charge < -0.3 is 9.64 Å². The van der Waals surface area contributed by atoms with E-state index >= 15 is 0 Å². The summed E-state index contributed by atoms with van der Waals surface area (Å²) in [4.78, 5) is 12.6. The lowest BCUT2D eigenvalue weighted by Gasteiger charge is -2.16. The van der Waals surface area contributed by atoms with Gasteiger partial charge in [0.15, 0.2) is 12.0 Å². The Kier molecular flexibility index (Phi) is 8.39. The van der Waals surface area contributed by atoms with E-state index in [1.54, 1.807) is 31.1 Å². The van der Waals surface area contributed by atoms with Gasteiger partial charge >= 0.3 is 0 Å². The average Bonchev–Trinajstić information content (AvgIpc) is 2.34. The van der Waals surface area contributed by atoms with Crippen molar-refractivity contribution in [2.45, 2.75) is 13.8 Å². The van der Waals surface area contributed by atoms with Crippen molar-refractivity contribution in [3.05, 3.63) is 26.6 Å². The van der Waals surface area contributed by atoms with Crippen LogP contribution in [0.1, 0.15) is 24.2 Å². The van der Waals surface area contributed by atoms with E-state index in [1.807, 2.05) is 13.8 Å². The molecule has 0 spiro atoms. The molecular formula is C12H15Br2NO2S. The molecule has 100 valence electrons. The third-order valence-electron chi connectivity index (χ3n) is 1.72. The van der Waals surface area contributed by atoms with Crippen molar-refractivity contribution in [1.29, 1.82) is 0 Å². The summed E-state index contributed by atoms with van der Waals surface area (Å²) in [5.74, 6) is 0.428. The Hall–Kier alpha value is -0.460. The Morgan fingerprint density at radius 2 is 1.89 bits per heavy atom. The SMILES string of the molecule is CC.CN(C)C(=S)Oc1c(Br)cc(Br)cc1C=O. The molecule has 0 aliphatic carbocycles. The number of benzene rings is 1. The number of nitrogens with zero attached hydrogens (tertiary/aromatic N) is 1. The first-order valence-corrected chi connectivity index (χ1v) is 7.28. The molecule has 0 aliphatic heterocycles. The standard InChI is InChI=1S/C10H9Br2NO2S.C2H6/c1-13(2)10(16)15-9-6(5-14)3-7(11)4-8(9)12;1-2/h3-5H,1-2H3;1-2H3. The van der Waals surface area contributed by atoms with Gasteiger partial charge in [0.25, 0.3) is 5.17 Å². The summed E-state index contributed by atoms with van der Waals surface area (Å²) >= 11 is 11.6. The van der Waals surface area contributed by atoms with E-state index in [-0.39, 0.29) is 0 Å². The zero-order valence-electron chi connectivity index (χ0n) is 10.7. The Labute approximate surface area is 130 Å². The van der Waals surface area contributed by atoms with Crippen molar-refractivity contribution in [1.82, 2.24) is 4.90 Å². The fraction of sp³-hybridized carbons (Fsp3) is 0.333. The molecule has 0 atom stereocenters. The van der Waals surface area contributed by atoms with Gasteiger partial charge in [0, 0.05) is 18.6 Å². The fourth-order valence-electron chi connectivity index (χ4n) is 0.954. The number of thiocarbonyl (C=S) groups is 1. The third-order valence-corrected chi connectivity index (χ3v) is 3.21. The lowest BCUT2D eigenvalue weighted by atomic mass is 10.2. The van der Waals surface area contributed by atoms with Gasteiger partial charge in [-0.05, 0) is 40.3 Å². The van der Waals surface area contributed by atoms with E-state index < -0.39 is 0 Å². The quantitative estimate of drug-likeness (QED) is 0.551. The van der Waals surface area contributed by atoms with Crippen molar-refractivity contribution < 1.29 is 9.53 Å². The lowest BCUT2D eigenvalue weighted by molar-refractivity contribution is 0.112. The first-order chi connectivity index (χ1) is 8.45. The molecule has 1 aromatic carbocycles. The molecule has 0 fully saturated rings. The van der Waals surface area contributed by atoms with Crippen LogP contribution in [0.15, 0.2) is 21.1 Å². The van der Waals surface area contributed by atoms with Crippen molar-refractivity contribution in [2.24, 2.45) is 0 Å². The van der Waals surface area contributed by atoms with Gasteiger partial charge in [-0.1, -0.05) is 29.8 Å². The molecule has 0 N–H and O–H groups in total. The van der Waals surface area contributed by atoms with E-state index in [4.69, 9.17) is 17.0 Å². The van der Waals surface area contributed by atoms with Crippen LogP contribution in [0.4, 0.5) is 0 Å². The first-order valence-electron chi connectivity index (χ1n) is 5.29. The van der Waals surface area contributed by atoms with Crippen LogP contribution in [0.2, 0.25) is 0 Å². The molecule has 0 aromatic heterocycles. The second-order valence-electron chi connectivity index (χ2n) is 3.19. The molecule has 0 amide bonds. The molecular weight excluding hydrogens is 382 g/mol. The van der Waals surface area contributed by atoms with E-state index in [1.165, 1.54) is 0 Å². The maximum atomic E-state index is 10.9. The number of hydrogen-bond donors (Lipinski definition) is 0. The van der Waals surface area contributed by atoms with Gasteiger partial charge in [0.2, 0.25) is 0 Å². The number of ether oxygens (including phenoxy) is 1. The highest BCUT2D eigenvalue weighted by molar-refractivity contribution is 9.11. The van der Waals surface area contributed by atoms with Gasteiger partial charge in [-0.15, -0.1) is 0 Å². The number of carbonyl (C=O) groups is 1. The van der Waals surface area contributed by atoms with Crippen molar-refractivity contribution in [3.63, 3.8) is 0 Å². The minimum absolute atomic E-state index is 0.297. The molecule has 0 saturated heterocycles. The molecule has 0 saturated carbocycles. The molecule has 0 heterocycles. The lowest BCUT2D eigenvalue weighted by Crippen LogP contribution is -2.25. The predicted molar refractivity (Wildman–Crippen MR) is 85.5 cm³/mol. The van der Waals surface area contributed by atoms with E-state index in [9.17, 15) is 4.79 Å². The molecule has 0 unspecified atom stereocenters. The summed E-state index contributed by atoms with van der Waals surface area (Å²) in [6.45, 7) is 4.00. The van der Waals surface area contributed by atoms with Gasteiger partial charge in [-0.2, -0.15) is 0 Å². The molecule has 0 aliphatic rings. The summed E-state index contributed by atoms with van der Waals surface area (Å²) in [6, 6.07) is 3.46. The largest absolute Gasteiger partial charge is 0.430 e. The Bertz CT molecular complexity index is 436. The summed E-state index contributed by atoms with van der Waals surface area (Å²) in [5, 5.41) is 0.297. The maximum Gasteiger partial charge on any atom is 0.264 e. The Morgan fingerprint density at radius 3 is 2.33 bits per heavy atom. The Morgan fingerprint density at radius 1 is 1.33 bits per heavy atom. The number of hydrogen-bond acceptors (Lipinski definition) is 3. The van der Waals surface area contributed by atoms with E-state index in [0.717, 1.165) is 10.8 Å². The monoisotopic (exact) mass is 395 g/mol. The van der Waals surface area contributed by atoms with Crippen molar-refractivity contribution in [3.8, 4) is 5.75 Å². The first kappa shape index (κ1) is 17.5. The molecule has 3 nitrogen and oxygen atoms in total. The summed E-state index contributed by atoms with van der Waals surface area (Å²) in [6.07, 6.45) is 0.725. The van der Waals surface area contributed by atoms with Crippen molar-refractivity contribution >= 4 is 55.5 Å².